The van der Waals surface area contributed by atoms with Gasteiger partial charge in [-0.3, -0.25) is 4.79 Å². The lowest BCUT2D eigenvalue weighted by Crippen LogP contribution is -2.53. The number of aliphatic hydroxyl groups excluding tert-OH is 1. The van der Waals surface area contributed by atoms with Crippen LogP contribution in [0.4, 0.5) is 0 Å². The van der Waals surface area contributed by atoms with Crippen LogP contribution in [-0.4, -0.2) is 48.3 Å². The number of hydrogen-bond donors (Lipinski definition) is 1. The molecule has 132 valence electrons. The molecule has 0 aliphatic carbocycles. The summed E-state index contributed by atoms with van der Waals surface area (Å²) in [6, 6.07) is 15.8. The van der Waals surface area contributed by atoms with E-state index in [4.69, 9.17) is 4.74 Å². The van der Waals surface area contributed by atoms with Gasteiger partial charge >= 0.3 is 0 Å². The van der Waals surface area contributed by atoms with E-state index in [0.717, 1.165) is 29.5 Å². The van der Waals surface area contributed by atoms with Crippen LogP contribution in [0, 0.1) is 6.92 Å². The van der Waals surface area contributed by atoms with Gasteiger partial charge in [-0.2, -0.15) is 0 Å². The number of aryl methyl sites for hydroxylation is 1. The minimum Gasteiger partial charge on any atom is -0.393 e. The first-order valence-corrected chi connectivity index (χ1v) is 8.70. The van der Waals surface area contributed by atoms with Gasteiger partial charge in [-0.25, -0.2) is 0 Å². The van der Waals surface area contributed by atoms with Crippen molar-refractivity contribution in [2.75, 3.05) is 26.8 Å². The Bertz CT molecular complexity index is 752. The molecule has 1 amide bonds. The third-order valence-electron chi connectivity index (χ3n) is 5.14. The van der Waals surface area contributed by atoms with Crippen LogP contribution in [0.1, 0.15) is 28.8 Å². The predicted molar refractivity (Wildman–Crippen MR) is 98.6 cm³/mol. The Morgan fingerprint density at radius 3 is 2.52 bits per heavy atom. The Balaban J connectivity index is 1.95. The van der Waals surface area contributed by atoms with Gasteiger partial charge in [-0.1, -0.05) is 42.5 Å². The lowest BCUT2D eigenvalue weighted by molar-refractivity contribution is -0.0883. The Hall–Kier alpha value is -2.17. The normalized spacial score (nSPS) is 20.5. The number of carbonyl (C=O) groups is 1. The monoisotopic (exact) mass is 339 g/mol. The summed E-state index contributed by atoms with van der Waals surface area (Å²) in [6.07, 6.45) is 1.59. The Morgan fingerprint density at radius 1 is 1.16 bits per heavy atom. The lowest BCUT2D eigenvalue weighted by atomic mass is 9.91. The summed E-state index contributed by atoms with van der Waals surface area (Å²) in [5.41, 5.74) is 3.21. The molecule has 3 rings (SSSR count). The van der Waals surface area contributed by atoms with Gasteiger partial charge in [-0.05, 0) is 42.5 Å². The molecule has 1 aliphatic rings. The van der Waals surface area contributed by atoms with Crippen molar-refractivity contribution >= 4 is 5.91 Å². The number of aliphatic hydroxyl groups is 1. The molecule has 1 fully saturated rings. The van der Waals surface area contributed by atoms with Crippen molar-refractivity contribution in [3.05, 3.63) is 59.7 Å². The molecule has 1 atom stereocenters. The second-order valence-corrected chi connectivity index (χ2v) is 6.74. The van der Waals surface area contributed by atoms with E-state index in [0.29, 0.717) is 18.7 Å². The zero-order valence-corrected chi connectivity index (χ0v) is 14.9. The molecule has 0 spiro atoms. The average Bonchev–Trinajstić information content (AvgIpc) is 2.68. The van der Waals surface area contributed by atoms with Crippen LogP contribution in [0.15, 0.2) is 48.5 Å². The first-order chi connectivity index (χ1) is 12.1. The number of nitrogens with zero attached hydrogens (tertiary/aromatic N) is 1. The third kappa shape index (κ3) is 3.46. The van der Waals surface area contributed by atoms with E-state index in [9.17, 15) is 9.90 Å². The fourth-order valence-corrected chi connectivity index (χ4v) is 3.58. The van der Waals surface area contributed by atoms with E-state index >= 15 is 0 Å². The van der Waals surface area contributed by atoms with Crippen molar-refractivity contribution in [1.82, 2.24) is 4.90 Å². The van der Waals surface area contributed by atoms with Crippen LogP contribution in [0.2, 0.25) is 0 Å². The summed E-state index contributed by atoms with van der Waals surface area (Å²) in [5, 5.41) is 9.72. The van der Waals surface area contributed by atoms with Crippen LogP contribution in [0.5, 0.6) is 0 Å². The average molecular weight is 339 g/mol. The van der Waals surface area contributed by atoms with Crippen molar-refractivity contribution in [1.29, 1.82) is 0 Å². The zero-order chi connectivity index (χ0) is 17.9. The van der Waals surface area contributed by atoms with Crippen molar-refractivity contribution in [2.24, 2.45) is 0 Å². The first-order valence-electron chi connectivity index (χ1n) is 8.70. The second kappa shape index (κ2) is 7.38. The molecule has 2 aromatic rings. The molecule has 1 unspecified atom stereocenters. The Kier molecular flexibility index (Phi) is 5.21. The number of piperidine rings is 1. The van der Waals surface area contributed by atoms with E-state index in [-0.39, 0.29) is 12.5 Å². The van der Waals surface area contributed by atoms with Crippen LogP contribution in [0.3, 0.4) is 0 Å². The smallest absolute Gasteiger partial charge is 0.254 e. The standard InChI is InChI=1S/C21H25NO3/c1-16-8-3-4-9-17(16)18-10-5-6-11-19(18)20(24)22-13-7-12-21(14-22,15-23)25-2/h3-6,8-11,23H,7,12-15H2,1-2H3. The minimum absolute atomic E-state index is 0.00609. The molecular formula is C21H25NO3. The molecule has 0 bridgehead atoms. The molecule has 1 saturated heterocycles. The van der Waals surface area contributed by atoms with Crippen molar-refractivity contribution in [3.63, 3.8) is 0 Å². The molecule has 2 aromatic carbocycles. The van der Waals surface area contributed by atoms with E-state index in [1.54, 1.807) is 12.0 Å². The fourth-order valence-electron chi connectivity index (χ4n) is 3.58. The van der Waals surface area contributed by atoms with Gasteiger partial charge in [0.1, 0.15) is 5.60 Å². The molecular weight excluding hydrogens is 314 g/mol. The van der Waals surface area contributed by atoms with Crippen molar-refractivity contribution in [3.8, 4) is 11.1 Å². The van der Waals surface area contributed by atoms with Crippen molar-refractivity contribution < 1.29 is 14.6 Å². The molecule has 1 heterocycles. The fraction of sp³-hybridized carbons (Fsp3) is 0.381. The highest BCUT2D eigenvalue weighted by molar-refractivity contribution is 6.01. The van der Waals surface area contributed by atoms with Crippen LogP contribution in [-0.2, 0) is 4.74 Å². The van der Waals surface area contributed by atoms with Gasteiger partial charge in [0.15, 0.2) is 0 Å². The van der Waals surface area contributed by atoms with Gasteiger partial charge in [0, 0.05) is 19.2 Å². The molecule has 0 aromatic heterocycles. The SMILES string of the molecule is COC1(CO)CCCN(C(=O)c2ccccc2-c2ccccc2C)C1. The topological polar surface area (TPSA) is 49.8 Å². The molecule has 25 heavy (non-hydrogen) atoms. The van der Waals surface area contributed by atoms with E-state index < -0.39 is 5.60 Å². The Labute approximate surface area is 149 Å². The van der Waals surface area contributed by atoms with Crippen LogP contribution in [0.25, 0.3) is 11.1 Å². The number of likely N-dealkylation sites (tertiary alicyclic amines) is 1. The summed E-state index contributed by atoms with van der Waals surface area (Å²) >= 11 is 0. The summed E-state index contributed by atoms with van der Waals surface area (Å²) in [4.78, 5) is 15.0. The number of carbonyl (C=O) groups excluding carboxylic acids is 1. The third-order valence-corrected chi connectivity index (χ3v) is 5.14. The van der Waals surface area contributed by atoms with E-state index in [1.165, 1.54) is 0 Å². The highest BCUT2D eigenvalue weighted by Gasteiger charge is 2.37. The number of methoxy groups -OCH3 is 1. The van der Waals surface area contributed by atoms with Crippen LogP contribution < -0.4 is 0 Å². The van der Waals surface area contributed by atoms with Gasteiger partial charge < -0.3 is 14.7 Å². The van der Waals surface area contributed by atoms with Gasteiger partial charge in [0.05, 0.1) is 13.2 Å². The molecule has 4 nitrogen and oxygen atoms in total. The molecule has 4 heteroatoms. The highest BCUT2D eigenvalue weighted by atomic mass is 16.5. The Morgan fingerprint density at radius 2 is 1.84 bits per heavy atom. The molecule has 0 radical (unpaired) electrons. The maximum Gasteiger partial charge on any atom is 0.254 e. The number of amides is 1. The number of benzene rings is 2. The van der Waals surface area contributed by atoms with Gasteiger partial charge in [0.2, 0.25) is 0 Å². The summed E-state index contributed by atoms with van der Waals surface area (Å²) < 4.78 is 5.53. The maximum atomic E-state index is 13.2. The zero-order valence-electron chi connectivity index (χ0n) is 14.9. The largest absolute Gasteiger partial charge is 0.393 e. The second-order valence-electron chi connectivity index (χ2n) is 6.74. The first kappa shape index (κ1) is 17.6. The number of rotatable bonds is 4. The number of ether oxygens (including phenoxy) is 1. The van der Waals surface area contributed by atoms with Crippen LogP contribution >= 0.6 is 0 Å². The summed E-state index contributed by atoms with van der Waals surface area (Å²) in [5.74, 6) is -0.00609. The molecule has 1 N–H and O–H groups in total. The van der Waals surface area contributed by atoms with Crippen molar-refractivity contribution in [2.45, 2.75) is 25.4 Å². The number of hydrogen-bond acceptors (Lipinski definition) is 3. The summed E-state index contributed by atoms with van der Waals surface area (Å²) in [7, 11) is 1.60. The van der Waals surface area contributed by atoms with Gasteiger partial charge in [0.25, 0.3) is 5.91 Å². The van der Waals surface area contributed by atoms with E-state index in [2.05, 4.69) is 13.0 Å². The predicted octanol–water partition coefficient (Wildman–Crippen LogP) is 3.28. The maximum absolute atomic E-state index is 13.2. The van der Waals surface area contributed by atoms with E-state index in [1.807, 2.05) is 42.5 Å². The molecule has 0 saturated carbocycles. The quantitative estimate of drug-likeness (QED) is 0.930. The summed E-state index contributed by atoms with van der Waals surface area (Å²) in [6.45, 7) is 3.08. The minimum atomic E-state index is -0.647. The van der Waals surface area contributed by atoms with Gasteiger partial charge in [-0.15, -0.1) is 0 Å². The molecule has 1 aliphatic heterocycles. The highest BCUT2D eigenvalue weighted by Crippen LogP contribution is 2.30. The lowest BCUT2D eigenvalue weighted by Gasteiger charge is -2.40.